The summed E-state index contributed by atoms with van der Waals surface area (Å²) in [5.74, 6) is 0.809. The Labute approximate surface area is 134 Å². The topological polar surface area (TPSA) is 33.5 Å². The quantitative estimate of drug-likeness (QED) is 0.723. The van der Waals surface area contributed by atoms with E-state index in [2.05, 4.69) is 0 Å². The van der Waals surface area contributed by atoms with Crippen molar-refractivity contribution in [3.8, 4) is 0 Å². The molecule has 0 bridgehead atoms. The van der Waals surface area contributed by atoms with E-state index in [9.17, 15) is 4.79 Å². The van der Waals surface area contributed by atoms with Crippen LogP contribution in [0.3, 0.4) is 0 Å². The molecule has 0 aliphatic rings. The lowest BCUT2D eigenvalue weighted by molar-refractivity contribution is 0.0826. The summed E-state index contributed by atoms with van der Waals surface area (Å²) in [6.45, 7) is 5.20. The second-order valence-corrected chi connectivity index (χ2v) is 5.65. The monoisotopic (exact) mass is 325 g/mol. The average molecular weight is 326 g/mol. The van der Waals surface area contributed by atoms with Gasteiger partial charge in [0.1, 0.15) is 5.76 Å². The summed E-state index contributed by atoms with van der Waals surface area (Å²) in [4.78, 5) is 14.6. The van der Waals surface area contributed by atoms with Gasteiger partial charge in [-0.25, -0.2) is 0 Å². The van der Waals surface area contributed by atoms with Gasteiger partial charge in [0.25, 0.3) is 0 Å². The number of halogens is 2. The van der Waals surface area contributed by atoms with Crippen molar-refractivity contribution in [1.29, 1.82) is 0 Å². The Hall–Kier alpha value is -1.29. The standard InChI is InChI=1S/C16H17Cl2NO2/c1-3-19(10-13-5-4-8-21-13)11(2)16(20)14-7-6-12(17)9-15(14)18/h4-9,11H,3,10H2,1-2H3. The summed E-state index contributed by atoms with van der Waals surface area (Å²) in [6.07, 6.45) is 1.63. The minimum absolute atomic E-state index is 0.0231. The van der Waals surface area contributed by atoms with Gasteiger partial charge >= 0.3 is 0 Å². The molecule has 1 aromatic heterocycles. The highest BCUT2D eigenvalue weighted by Gasteiger charge is 2.24. The maximum absolute atomic E-state index is 12.6. The molecule has 0 spiro atoms. The first kappa shape index (κ1) is 16.1. The van der Waals surface area contributed by atoms with Crippen LogP contribution >= 0.6 is 23.2 Å². The van der Waals surface area contributed by atoms with Crippen LogP contribution in [0.15, 0.2) is 41.0 Å². The van der Waals surface area contributed by atoms with E-state index in [-0.39, 0.29) is 11.8 Å². The number of hydrogen-bond acceptors (Lipinski definition) is 3. The SMILES string of the molecule is CCN(Cc1ccco1)C(C)C(=O)c1ccc(Cl)cc1Cl. The number of benzene rings is 1. The van der Waals surface area contributed by atoms with Gasteiger partial charge < -0.3 is 4.42 Å². The molecule has 5 heteroatoms. The van der Waals surface area contributed by atoms with E-state index >= 15 is 0 Å². The lowest BCUT2D eigenvalue weighted by atomic mass is 10.0. The number of likely N-dealkylation sites (N-methyl/N-ethyl adjacent to an activating group) is 1. The molecule has 2 aromatic rings. The van der Waals surface area contributed by atoms with E-state index in [0.29, 0.717) is 22.2 Å². The molecule has 0 saturated heterocycles. The normalized spacial score (nSPS) is 12.6. The summed E-state index contributed by atoms with van der Waals surface area (Å²) < 4.78 is 5.34. The average Bonchev–Trinajstić information content (AvgIpc) is 2.96. The third-order valence-corrected chi connectivity index (χ3v) is 4.02. The minimum Gasteiger partial charge on any atom is -0.468 e. The first-order valence-electron chi connectivity index (χ1n) is 6.78. The fourth-order valence-corrected chi connectivity index (χ4v) is 2.71. The van der Waals surface area contributed by atoms with Crippen LogP contribution < -0.4 is 0 Å². The van der Waals surface area contributed by atoms with Gasteiger partial charge in [0, 0.05) is 10.6 Å². The highest BCUT2D eigenvalue weighted by atomic mass is 35.5. The number of nitrogens with zero attached hydrogens (tertiary/aromatic N) is 1. The number of hydrogen-bond donors (Lipinski definition) is 0. The van der Waals surface area contributed by atoms with Crippen molar-refractivity contribution in [1.82, 2.24) is 4.90 Å². The number of furan rings is 1. The van der Waals surface area contributed by atoms with Crippen LogP contribution in [-0.4, -0.2) is 23.3 Å². The van der Waals surface area contributed by atoms with Crippen LogP contribution in [0.25, 0.3) is 0 Å². The van der Waals surface area contributed by atoms with Crippen molar-refractivity contribution in [2.24, 2.45) is 0 Å². The molecule has 0 amide bonds. The first-order chi connectivity index (χ1) is 10.0. The molecule has 3 nitrogen and oxygen atoms in total. The summed E-state index contributed by atoms with van der Waals surface area (Å²) >= 11 is 12.0. The second-order valence-electron chi connectivity index (χ2n) is 4.81. The molecule has 0 N–H and O–H groups in total. The molecule has 0 radical (unpaired) electrons. The van der Waals surface area contributed by atoms with Crippen LogP contribution in [0.4, 0.5) is 0 Å². The van der Waals surface area contributed by atoms with Gasteiger partial charge in [0.15, 0.2) is 5.78 Å². The zero-order chi connectivity index (χ0) is 15.4. The molecule has 0 aliphatic carbocycles. The highest BCUT2D eigenvalue weighted by molar-refractivity contribution is 6.37. The van der Waals surface area contributed by atoms with E-state index in [1.165, 1.54) is 0 Å². The van der Waals surface area contributed by atoms with E-state index < -0.39 is 0 Å². The van der Waals surface area contributed by atoms with E-state index in [4.69, 9.17) is 27.6 Å². The first-order valence-corrected chi connectivity index (χ1v) is 7.54. The van der Waals surface area contributed by atoms with Crippen LogP contribution in [0.1, 0.15) is 30.0 Å². The van der Waals surface area contributed by atoms with E-state index in [1.54, 1.807) is 24.5 Å². The Bertz CT molecular complexity index is 611. The number of Topliss-reactive ketones (excluding diaryl/α,β-unsaturated/α-hetero) is 1. The minimum atomic E-state index is -0.293. The van der Waals surface area contributed by atoms with Gasteiger partial charge in [-0.05, 0) is 43.8 Å². The van der Waals surface area contributed by atoms with E-state index in [0.717, 1.165) is 12.3 Å². The fraction of sp³-hybridized carbons (Fsp3) is 0.312. The number of rotatable bonds is 6. The summed E-state index contributed by atoms with van der Waals surface area (Å²) in [7, 11) is 0. The van der Waals surface area contributed by atoms with Crippen molar-refractivity contribution < 1.29 is 9.21 Å². The second kappa shape index (κ2) is 7.12. The maximum Gasteiger partial charge on any atom is 0.181 e. The van der Waals surface area contributed by atoms with Crippen molar-refractivity contribution in [3.63, 3.8) is 0 Å². The van der Waals surface area contributed by atoms with Crippen LogP contribution in [-0.2, 0) is 6.54 Å². The lowest BCUT2D eigenvalue weighted by Crippen LogP contribution is -2.38. The molecule has 0 saturated carbocycles. The van der Waals surface area contributed by atoms with Gasteiger partial charge in [0.05, 0.1) is 23.9 Å². The van der Waals surface area contributed by atoms with Crippen molar-refractivity contribution >= 4 is 29.0 Å². The molecule has 1 heterocycles. The Balaban J connectivity index is 2.16. The maximum atomic E-state index is 12.6. The molecule has 2 rings (SSSR count). The molecule has 21 heavy (non-hydrogen) atoms. The Morgan fingerprint density at radius 3 is 2.67 bits per heavy atom. The molecule has 1 aromatic carbocycles. The van der Waals surface area contributed by atoms with Crippen LogP contribution in [0.5, 0.6) is 0 Å². The number of carbonyl (C=O) groups is 1. The predicted molar refractivity (Wildman–Crippen MR) is 85.0 cm³/mol. The molecule has 1 atom stereocenters. The molecule has 1 unspecified atom stereocenters. The molecule has 0 aliphatic heterocycles. The van der Waals surface area contributed by atoms with Crippen LogP contribution in [0, 0.1) is 0 Å². The lowest BCUT2D eigenvalue weighted by Gasteiger charge is -2.26. The molecule has 0 fully saturated rings. The Kier molecular flexibility index (Phi) is 5.45. The highest BCUT2D eigenvalue weighted by Crippen LogP contribution is 2.23. The summed E-state index contributed by atoms with van der Waals surface area (Å²) in [6, 6.07) is 8.38. The Morgan fingerprint density at radius 2 is 2.10 bits per heavy atom. The smallest absolute Gasteiger partial charge is 0.181 e. The molecular formula is C16H17Cl2NO2. The summed E-state index contributed by atoms with van der Waals surface area (Å²) in [5, 5.41) is 0.903. The number of ketones is 1. The van der Waals surface area contributed by atoms with Gasteiger partial charge in [-0.2, -0.15) is 0 Å². The van der Waals surface area contributed by atoms with Crippen LogP contribution in [0.2, 0.25) is 10.0 Å². The van der Waals surface area contributed by atoms with Gasteiger partial charge in [-0.15, -0.1) is 0 Å². The predicted octanol–water partition coefficient (Wildman–Crippen LogP) is 4.68. The van der Waals surface area contributed by atoms with Gasteiger partial charge in [-0.3, -0.25) is 9.69 Å². The summed E-state index contributed by atoms with van der Waals surface area (Å²) in [5.41, 5.74) is 0.492. The third kappa shape index (κ3) is 3.88. The van der Waals surface area contributed by atoms with E-state index in [1.807, 2.05) is 30.9 Å². The van der Waals surface area contributed by atoms with Crippen molar-refractivity contribution in [2.75, 3.05) is 6.54 Å². The molecule has 112 valence electrons. The molecular weight excluding hydrogens is 309 g/mol. The fourth-order valence-electron chi connectivity index (χ4n) is 2.21. The van der Waals surface area contributed by atoms with Crippen molar-refractivity contribution in [3.05, 3.63) is 58.0 Å². The number of carbonyl (C=O) groups excluding carboxylic acids is 1. The zero-order valence-electron chi connectivity index (χ0n) is 12.0. The Morgan fingerprint density at radius 1 is 1.33 bits per heavy atom. The van der Waals surface area contributed by atoms with Gasteiger partial charge in [0.2, 0.25) is 0 Å². The zero-order valence-corrected chi connectivity index (χ0v) is 13.5. The van der Waals surface area contributed by atoms with Crippen molar-refractivity contribution in [2.45, 2.75) is 26.4 Å². The van der Waals surface area contributed by atoms with Gasteiger partial charge in [-0.1, -0.05) is 30.1 Å². The third-order valence-electron chi connectivity index (χ3n) is 3.47. The largest absolute Gasteiger partial charge is 0.468 e.